The Labute approximate surface area is 333 Å². The number of rotatable bonds is 11. The van der Waals surface area contributed by atoms with E-state index in [1.54, 1.807) is 53.7 Å². The Bertz CT molecular complexity index is 1980. The lowest BCUT2D eigenvalue weighted by atomic mass is 9.52. The average Bonchev–Trinajstić information content (AvgIpc) is 3.58. The van der Waals surface area contributed by atoms with E-state index in [1.165, 1.54) is 6.07 Å². The van der Waals surface area contributed by atoms with E-state index >= 15 is 4.79 Å². The minimum atomic E-state index is -2.43. The zero-order chi connectivity index (χ0) is 40.2. The Morgan fingerprint density at radius 3 is 2.24 bits per heavy atom. The summed E-state index contributed by atoms with van der Waals surface area (Å²) in [6, 6.07) is 19.7. The number of hydrogen-bond acceptors (Lipinski definition) is 7. The number of benzene rings is 3. The van der Waals surface area contributed by atoms with Gasteiger partial charge in [0.05, 0.1) is 28.0 Å². The Morgan fingerprint density at radius 1 is 0.982 bits per heavy atom. The summed E-state index contributed by atoms with van der Waals surface area (Å²) in [6.07, 6.45) is -0.262. The number of carbonyl (C=O) groups excluding carboxylic acids is 3. The Balaban J connectivity index is 1.65. The second kappa shape index (κ2) is 14.8. The maximum absolute atomic E-state index is 15.8. The number of nitro benzene ring substituents is 1. The monoisotopic (exact) mass is 832 g/mol. The molecule has 3 aliphatic rings. The van der Waals surface area contributed by atoms with Gasteiger partial charge in [0, 0.05) is 34.9 Å². The average molecular weight is 834 g/mol. The van der Waals surface area contributed by atoms with Crippen molar-refractivity contribution in [1.29, 1.82) is 0 Å². The molecular formula is C42H53BrN4O7Si. The van der Waals surface area contributed by atoms with Crippen molar-refractivity contribution in [3.63, 3.8) is 0 Å². The standard InChI is InChI=1S/C42H53BrN4O7Si/c1-27(2)55(28(3)4,29(5)6)53-23-21-41-32-15-11-13-17-35(32)45(26-48)37(41)46(39(50)54-40(7,8)9)36-24-31(43)18-19-33(36)42(41)20-22-44(38(42)49)25-30-14-10-12-16-34(30)47(51)52/h10-19,24,26-29,37H,20-23,25H2,1-9H3/t37-,41-,42+/m1/s1. The summed E-state index contributed by atoms with van der Waals surface area (Å²) >= 11 is 3.63. The van der Waals surface area contributed by atoms with Crippen molar-refractivity contribution in [2.45, 2.75) is 121 Å². The van der Waals surface area contributed by atoms with Gasteiger partial charge in [0.2, 0.25) is 12.3 Å². The molecular weight excluding hydrogens is 780 g/mol. The normalized spacial score (nSPS) is 22.1. The van der Waals surface area contributed by atoms with Crippen LogP contribution in [0.4, 0.5) is 21.9 Å². The number of nitro groups is 1. The molecule has 0 unspecified atom stereocenters. The summed E-state index contributed by atoms with van der Waals surface area (Å²) in [5.74, 6) is -0.217. The quantitative estimate of drug-likeness (QED) is 0.0816. The van der Waals surface area contributed by atoms with Crippen LogP contribution in [-0.4, -0.2) is 61.5 Å². The molecule has 0 radical (unpaired) electrons. The summed E-state index contributed by atoms with van der Waals surface area (Å²) in [4.78, 5) is 60.7. The lowest BCUT2D eigenvalue weighted by Crippen LogP contribution is -2.71. The highest BCUT2D eigenvalue weighted by Crippen LogP contribution is 2.66. The Kier molecular flexibility index (Phi) is 10.9. The molecule has 3 atom stereocenters. The molecule has 3 heterocycles. The summed E-state index contributed by atoms with van der Waals surface area (Å²) in [5.41, 5.74) is 0.317. The van der Waals surface area contributed by atoms with Gasteiger partial charge in [-0.05, 0) is 79.6 Å². The van der Waals surface area contributed by atoms with Crippen molar-refractivity contribution in [2.75, 3.05) is 23.0 Å². The van der Waals surface area contributed by atoms with Gasteiger partial charge in [-0.2, -0.15) is 0 Å². The number of fused-ring (bicyclic) bond motifs is 6. The Hall–Kier alpha value is -4.07. The number of halogens is 1. The number of nitrogens with zero attached hydrogens (tertiary/aromatic N) is 4. The number of anilines is 2. The van der Waals surface area contributed by atoms with Gasteiger partial charge in [-0.1, -0.05) is 99.9 Å². The second-order valence-electron chi connectivity index (χ2n) is 17.1. The van der Waals surface area contributed by atoms with Gasteiger partial charge >= 0.3 is 6.09 Å². The highest BCUT2D eigenvalue weighted by molar-refractivity contribution is 9.10. The molecule has 0 aliphatic carbocycles. The largest absolute Gasteiger partial charge is 0.443 e. The maximum atomic E-state index is 15.8. The van der Waals surface area contributed by atoms with Crippen molar-refractivity contribution >= 4 is 59.7 Å². The highest BCUT2D eigenvalue weighted by atomic mass is 79.9. The van der Waals surface area contributed by atoms with Crippen LogP contribution in [0.15, 0.2) is 71.2 Å². The van der Waals surface area contributed by atoms with E-state index in [2.05, 4.69) is 57.5 Å². The molecule has 3 aromatic carbocycles. The van der Waals surface area contributed by atoms with Crippen LogP contribution in [0.5, 0.6) is 0 Å². The first-order valence-corrected chi connectivity index (χ1v) is 22.1. The van der Waals surface area contributed by atoms with Crippen LogP contribution < -0.4 is 9.80 Å². The van der Waals surface area contributed by atoms with Crippen LogP contribution in [0.25, 0.3) is 0 Å². The first-order chi connectivity index (χ1) is 25.9. The molecule has 0 saturated carbocycles. The summed E-state index contributed by atoms with van der Waals surface area (Å²) < 4.78 is 14.1. The summed E-state index contributed by atoms with van der Waals surface area (Å²) in [6.45, 7) is 19.4. The molecule has 1 saturated heterocycles. The smallest absolute Gasteiger partial charge is 0.416 e. The number of ether oxygens (including phenoxy) is 1. The number of likely N-dealkylation sites (tertiary alicyclic amines) is 1. The number of amides is 3. The molecule has 0 N–H and O–H groups in total. The highest BCUT2D eigenvalue weighted by Gasteiger charge is 2.73. The topological polar surface area (TPSA) is 123 Å². The zero-order valence-corrected chi connectivity index (χ0v) is 35.9. The van der Waals surface area contributed by atoms with Gasteiger partial charge in [-0.3, -0.25) is 29.5 Å². The van der Waals surface area contributed by atoms with Gasteiger partial charge in [-0.25, -0.2) is 4.79 Å². The number of hydrogen-bond donors (Lipinski definition) is 0. The van der Waals surface area contributed by atoms with Crippen molar-refractivity contribution < 1.29 is 28.5 Å². The third-order valence-electron chi connectivity index (χ3n) is 12.3. The van der Waals surface area contributed by atoms with Crippen molar-refractivity contribution in [1.82, 2.24) is 4.90 Å². The van der Waals surface area contributed by atoms with Crippen LogP contribution in [0.3, 0.4) is 0 Å². The fourth-order valence-electron chi connectivity index (χ4n) is 10.4. The lowest BCUT2D eigenvalue weighted by molar-refractivity contribution is -0.385. The van der Waals surface area contributed by atoms with E-state index in [9.17, 15) is 19.7 Å². The van der Waals surface area contributed by atoms with Crippen LogP contribution in [0.1, 0.15) is 91.8 Å². The molecule has 3 amide bonds. The molecule has 55 heavy (non-hydrogen) atoms. The van der Waals surface area contributed by atoms with Gasteiger partial charge < -0.3 is 14.1 Å². The van der Waals surface area contributed by atoms with Gasteiger partial charge in [0.15, 0.2) is 8.32 Å². The van der Waals surface area contributed by atoms with Gasteiger partial charge in [0.1, 0.15) is 11.8 Å². The molecule has 11 nitrogen and oxygen atoms in total. The summed E-state index contributed by atoms with van der Waals surface area (Å²) in [5, 5.41) is 12.1. The van der Waals surface area contributed by atoms with Crippen LogP contribution in [-0.2, 0) is 36.1 Å². The fourth-order valence-corrected chi connectivity index (χ4v) is 16.2. The van der Waals surface area contributed by atoms with E-state index in [1.807, 2.05) is 42.5 Å². The second-order valence-corrected chi connectivity index (χ2v) is 23.4. The first kappa shape index (κ1) is 40.6. The van der Waals surface area contributed by atoms with Crippen molar-refractivity contribution in [2.24, 2.45) is 0 Å². The third-order valence-corrected chi connectivity index (χ3v) is 18.9. The molecule has 3 aromatic rings. The molecule has 294 valence electrons. The fraction of sp³-hybridized carbons (Fsp3) is 0.500. The lowest BCUT2D eigenvalue weighted by Gasteiger charge is -2.57. The predicted octanol–water partition coefficient (Wildman–Crippen LogP) is 9.61. The van der Waals surface area contributed by atoms with E-state index in [0.29, 0.717) is 63.0 Å². The minimum Gasteiger partial charge on any atom is -0.443 e. The molecule has 0 aromatic heterocycles. The van der Waals surface area contributed by atoms with Crippen LogP contribution in [0, 0.1) is 10.1 Å². The maximum Gasteiger partial charge on any atom is 0.416 e. The number of para-hydroxylation sites is 2. The van der Waals surface area contributed by atoms with Crippen molar-refractivity contribution in [3.05, 3.63) is 98.0 Å². The molecule has 1 fully saturated rings. The van der Waals surface area contributed by atoms with Gasteiger partial charge in [0.25, 0.3) is 5.69 Å². The summed E-state index contributed by atoms with van der Waals surface area (Å²) in [7, 11) is -2.43. The van der Waals surface area contributed by atoms with Crippen LogP contribution in [0.2, 0.25) is 16.6 Å². The molecule has 6 rings (SSSR count). The SMILES string of the molecule is CC(C)[Si](OCC[C@@]12c3ccccc3N(C=O)[C@@H]1N(C(=O)OC(C)(C)C)c1cc(Br)ccc1[C@]21CCN(Cc2ccccc2[N+](=O)[O-])C1=O)(C(C)C)C(C)C. The van der Waals surface area contributed by atoms with Crippen molar-refractivity contribution in [3.8, 4) is 0 Å². The van der Waals surface area contributed by atoms with E-state index in [-0.39, 0.29) is 24.7 Å². The molecule has 1 spiro atoms. The van der Waals surface area contributed by atoms with Gasteiger partial charge in [-0.15, -0.1) is 0 Å². The Morgan fingerprint density at radius 2 is 1.62 bits per heavy atom. The van der Waals surface area contributed by atoms with E-state index < -0.39 is 41.9 Å². The number of carbonyl (C=O) groups is 3. The van der Waals surface area contributed by atoms with Crippen LogP contribution >= 0.6 is 15.9 Å². The third kappa shape index (κ3) is 6.30. The molecule has 0 bridgehead atoms. The van der Waals surface area contributed by atoms with E-state index in [4.69, 9.17) is 9.16 Å². The predicted molar refractivity (Wildman–Crippen MR) is 220 cm³/mol. The van der Waals surface area contributed by atoms with E-state index in [0.717, 1.165) is 12.0 Å². The molecule has 3 aliphatic heterocycles. The zero-order valence-electron chi connectivity index (χ0n) is 33.3. The molecule has 13 heteroatoms. The minimum absolute atomic E-state index is 0.0275. The first-order valence-electron chi connectivity index (χ1n) is 19.2.